The van der Waals surface area contributed by atoms with Crippen molar-refractivity contribution in [2.75, 3.05) is 0 Å². The summed E-state index contributed by atoms with van der Waals surface area (Å²) >= 11 is 0. The molecular weight excluding hydrogens is 613 g/mol. The maximum Gasteiger partial charge on any atom is 0.0158 e. The third kappa shape index (κ3) is 4.02. The average molecular weight is 649 g/mol. The van der Waals surface area contributed by atoms with Crippen LogP contribution in [-0.2, 0) is 18.3 Å². The number of hydrogen-bond donors (Lipinski definition) is 0. The molecule has 0 heterocycles. The summed E-state index contributed by atoms with van der Waals surface area (Å²) in [5.41, 5.74) is 16.2. The van der Waals surface area contributed by atoms with Gasteiger partial charge in [-0.25, -0.2) is 0 Å². The SMILES string of the molecule is CC1(C)c2ccccc2-c2cc(-c3c4ccccc4c(-c4ccc5c6c(cccc46)CC5)c4ccc(-c5cccc6ccccc56)cc34)ccc21. The van der Waals surface area contributed by atoms with E-state index >= 15 is 0 Å². The first kappa shape index (κ1) is 28.8. The summed E-state index contributed by atoms with van der Waals surface area (Å²) in [6.45, 7) is 4.73. The van der Waals surface area contributed by atoms with Gasteiger partial charge in [-0.3, -0.25) is 0 Å². The monoisotopic (exact) mass is 648 g/mol. The van der Waals surface area contributed by atoms with Crippen LogP contribution in [0.15, 0.2) is 158 Å². The van der Waals surface area contributed by atoms with Gasteiger partial charge in [-0.05, 0) is 135 Å². The second-order valence-corrected chi connectivity index (χ2v) is 15.1. The van der Waals surface area contributed by atoms with Crippen molar-refractivity contribution >= 4 is 43.1 Å². The van der Waals surface area contributed by atoms with Crippen molar-refractivity contribution in [2.24, 2.45) is 0 Å². The van der Waals surface area contributed by atoms with E-state index < -0.39 is 0 Å². The number of rotatable bonds is 3. The molecule has 240 valence electrons. The zero-order chi connectivity index (χ0) is 33.8. The largest absolute Gasteiger partial charge is 0.0619 e. The second-order valence-electron chi connectivity index (χ2n) is 15.1. The third-order valence-electron chi connectivity index (χ3n) is 12.1. The van der Waals surface area contributed by atoms with Crippen LogP contribution in [0.4, 0.5) is 0 Å². The van der Waals surface area contributed by atoms with E-state index in [-0.39, 0.29) is 5.41 Å². The lowest BCUT2D eigenvalue weighted by Gasteiger charge is -2.22. The molecule has 9 aromatic carbocycles. The summed E-state index contributed by atoms with van der Waals surface area (Å²) in [6, 6.07) is 59.8. The van der Waals surface area contributed by atoms with Crippen LogP contribution in [0, 0.1) is 0 Å². The summed E-state index contributed by atoms with van der Waals surface area (Å²) in [6.07, 6.45) is 2.26. The van der Waals surface area contributed by atoms with Gasteiger partial charge in [0.1, 0.15) is 0 Å². The minimum absolute atomic E-state index is 0.0320. The first-order valence-corrected chi connectivity index (χ1v) is 18.3. The van der Waals surface area contributed by atoms with E-state index in [1.54, 1.807) is 0 Å². The van der Waals surface area contributed by atoms with Gasteiger partial charge in [0, 0.05) is 5.41 Å². The lowest BCUT2D eigenvalue weighted by molar-refractivity contribution is 0.660. The molecule has 0 radical (unpaired) electrons. The summed E-state index contributed by atoms with van der Waals surface area (Å²) in [5, 5.41) is 10.6. The Labute approximate surface area is 298 Å². The number of hydrogen-bond acceptors (Lipinski definition) is 0. The van der Waals surface area contributed by atoms with Crippen LogP contribution in [0.1, 0.15) is 36.1 Å². The Bertz CT molecular complexity index is 2920. The minimum atomic E-state index is -0.0320. The normalized spacial score (nSPS) is 14.1. The zero-order valence-corrected chi connectivity index (χ0v) is 28.9. The van der Waals surface area contributed by atoms with Crippen LogP contribution in [0.2, 0.25) is 0 Å². The van der Waals surface area contributed by atoms with E-state index in [1.807, 2.05) is 0 Å². The molecular formula is C51H36. The van der Waals surface area contributed by atoms with Crippen molar-refractivity contribution in [3.8, 4) is 44.5 Å². The van der Waals surface area contributed by atoms with Crippen LogP contribution < -0.4 is 0 Å². The van der Waals surface area contributed by atoms with Crippen molar-refractivity contribution in [1.29, 1.82) is 0 Å². The first-order valence-electron chi connectivity index (χ1n) is 18.3. The maximum absolute atomic E-state index is 2.48. The van der Waals surface area contributed by atoms with Gasteiger partial charge >= 0.3 is 0 Å². The van der Waals surface area contributed by atoms with E-state index in [4.69, 9.17) is 0 Å². The van der Waals surface area contributed by atoms with Gasteiger partial charge in [0.25, 0.3) is 0 Å². The van der Waals surface area contributed by atoms with Crippen LogP contribution in [0.3, 0.4) is 0 Å². The van der Waals surface area contributed by atoms with Crippen molar-refractivity contribution in [3.63, 3.8) is 0 Å². The Morgan fingerprint density at radius 1 is 0.373 bits per heavy atom. The van der Waals surface area contributed by atoms with Gasteiger partial charge in [0.15, 0.2) is 0 Å². The summed E-state index contributed by atoms with van der Waals surface area (Å²) < 4.78 is 0. The molecule has 0 unspecified atom stereocenters. The molecule has 0 aliphatic heterocycles. The van der Waals surface area contributed by atoms with Crippen LogP contribution in [-0.4, -0.2) is 0 Å². The van der Waals surface area contributed by atoms with E-state index in [1.165, 1.54) is 110 Å². The van der Waals surface area contributed by atoms with Crippen LogP contribution in [0.5, 0.6) is 0 Å². The maximum atomic E-state index is 2.48. The van der Waals surface area contributed by atoms with Crippen molar-refractivity contribution in [3.05, 3.63) is 180 Å². The molecule has 0 aromatic heterocycles. The van der Waals surface area contributed by atoms with Crippen molar-refractivity contribution in [2.45, 2.75) is 32.1 Å². The number of fused-ring (bicyclic) bond motifs is 6. The van der Waals surface area contributed by atoms with Gasteiger partial charge in [-0.15, -0.1) is 0 Å². The average Bonchev–Trinajstić information content (AvgIpc) is 3.70. The number of benzene rings is 9. The fraction of sp³-hybridized carbons (Fsp3) is 0.0980. The Balaban J connectivity index is 1.27. The van der Waals surface area contributed by atoms with E-state index in [2.05, 4.69) is 172 Å². The van der Waals surface area contributed by atoms with Gasteiger partial charge in [0.05, 0.1) is 0 Å². The van der Waals surface area contributed by atoms with Crippen molar-refractivity contribution in [1.82, 2.24) is 0 Å². The second kappa shape index (κ2) is 10.5. The lowest BCUT2D eigenvalue weighted by Crippen LogP contribution is -2.14. The minimum Gasteiger partial charge on any atom is -0.0619 e. The highest BCUT2D eigenvalue weighted by Gasteiger charge is 2.35. The van der Waals surface area contributed by atoms with E-state index in [0.717, 1.165) is 12.8 Å². The molecule has 0 saturated heterocycles. The standard InChI is InChI=1S/C51H36/c1-51(2)46-20-8-7-15-38(46)44-30-35(25-28-47(44)51)49-40-16-5-6-17-41(40)50(42-26-23-33-22-21-32-13-10-19-39(42)48(32)33)43-27-24-34(29-45(43)49)37-18-9-12-31-11-3-4-14-36(31)37/h3-20,23-30H,21-22H2,1-2H3. The summed E-state index contributed by atoms with van der Waals surface area (Å²) in [7, 11) is 0. The lowest BCUT2D eigenvalue weighted by atomic mass is 9.81. The molecule has 2 aliphatic rings. The van der Waals surface area contributed by atoms with E-state index in [9.17, 15) is 0 Å². The molecule has 51 heavy (non-hydrogen) atoms. The molecule has 2 aliphatic carbocycles. The van der Waals surface area contributed by atoms with Gasteiger partial charge in [0.2, 0.25) is 0 Å². The van der Waals surface area contributed by atoms with E-state index in [0.29, 0.717) is 0 Å². The molecule has 0 N–H and O–H groups in total. The van der Waals surface area contributed by atoms with Crippen LogP contribution >= 0.6 is 0 Å². The Morgan fingerprint density at radius 3 is 1.88 bits per heavy atom. The Kier molecular flexibility index (Phi) is 5.94. The molecule has 0 spiro atoms. The highest BCUT2D eigenvalue weighted by molar-refractivity contribution is 6.24. The highest BCUT2D eigenvalue weighted by atomic mass is 14.4. The quantitative estimate of drug-likeness (QED) is 0.167. The smallest absolute Gasteiger partial charge is 0.0158 e. The van der Waals surface area contributed by atoms with Gasteiger partial charge in [-0.2, -0.15) is 0 Å². The molecule has 0 fully saturated rings. The Hall–Kier alpha value is -5.98. The summed E-state index contributed by atoms with van der Waals surface area (Å²) in [4.78, 5) is 0. The summed E-state index contributed by atoms with van der Waals surface area (Å²) in [5.74, 6) is 0. The Morgan fingerprint density at radius 2 is 1.00 bits per heavy atom. The number of aryl methyl sites for hydroxylation is 2. The molecule has 0 nitrogen and oxygen atoms in total. The highest BCUT2D eigenvalue weighted by Crippen LogP contribution is 2.52. The zero-order valence-electron chi connectivity index (χ0n) is 28.9. The topological polar surface area (TPSA) is 0 Å². The molecule has 11 rings (SSSR count). The molecule has 0 saturated carbocycles. The fourth-order valence-corrected chi connectivity index (χ4v) is 9.76. The predicted octanol–water partition coefficient (Wildman–Crippen LogP) is 13.7. The molecule has 0 amide bonds. The van der Waals surface area contributed by atoms with Gasteiger partial charge < -0.3 is 0 Å². The van der Waals surface area contributed by atoms with Crippen molar-refractivity contribution < 1.29 is 0 Å². The van der Waals surface area contributed by atoms with Crippen LogP contribution in [0.25, 0.3) is 87.6 Å². The molecule has 0 atom stereocenters. The molecule has 9 aromatic rings. The molecule has 0 bridgehead atoms. The van der Waals surface area contributed by atoms with Gasteiger partial charge in [-0.1, -0.05) is 159 Å². The third-order valence-corrected chi connectivity index (χ3v) is 12.1. The fourth-order valence-electron chi connectivity index (χ4n) is 9.76. The first-order chi connectivity index (χ1) is 25.1. The predicted molar refractivity (Wildman–Crippen MR) is 218 cm³/mol. The molecule has 0 heteroatoms.